The standard InChI is InChI=1S/C11H24N2O2S2/c1-2-12-6-3-4-11-17(14,15)13-7-5-9-16-10-8-13/h12H,2-11H2,1H3. The van der Waals surface area contributed by atoms with Crippen molar-refractivity contribution in [2.75, 3.05) is 43.4 Å². The van der Waals surface area contributed by atoms with Crippen LogP contribution in [0.5, 0.6) is 0 Å². The SMILES string of the molecule is CCNCCCCS(=O)(=O)N1CCCSCC1. The van der Waals surface area contributed by atoms with E-state index in [9.17, 15) is 8.42 Å². The topological polar surface area (TPSA) is 49.4 Å². The van der Waals surface area contributed by atoms with Crippen molar-refractivity contribution in [2.24, 2.45) is 0 Å². The minimum atomic E-state index is -3.00. The summed E-state index contributed by atoms with van der Waals surface area (Å²) in [5.41, 5.74) is 0. The lowest BCUT2D eigenvalue weighted by molar-refractivity contribution is 0.433. The van der Waals surface area contributed by atoms with Gasteiger partial charge >= 0.3 is 0 Å². The number of nitrogens with zero attached hydrogens (tertiary/aromatic N) is 1. The van der Waals surface area contributed by atoms with Crippen molar-refractivity contribution in [3.05, 3.63) is 0 Å². The van der Waals surface area contributed by atoms with Crippen LogP contribution in [0.25, 0.3) is 0 Å². The normalized spacial score (nSPS) is 19.1. The van der Waals surface area contributed by atoms with E-state index in [2.05, 4.69) is 12.2 Å². The van der Waals surface area contributed by atoms with Crippen molar-refractivity contribution in [1.29, 1.82) is 0 Å². The molecule has 4 nitrogen and oxygen atoms in total. The largest absolute Gasteiger partial charge is 0.317 e. The molecule has 1 aliphatic heterocycles. The molecule has 0 aromatic heterocycles. The number of nitrogens with one attached hydrogen (secondary N) is 1. The molecule has 1 saturated heterocycles. The number of thioether (sulfide) groups is 1. The molecule has 0 spiro atoms. The molecule has 0 aromatic carbocycles. The average Bonchev–Trinajstić information content (AvgIpc) is 2.57. The highest BCUT2D eigenvalue weighted by Gasteiger charge is 2.22. The summed E-state index contributed by atoms with van der Waals surface area (Å²) in [6.07, 6.45) is 2.69. The van der Waals surface area contributed by atoms with Gasteiger partial charge in [0.2, 0.25) is 10.0 Å². The van der Waals surface area contributed by atoms with Crippen LogP contribution in [0.15, 0.2) is 0 Å². The van der Waals surface area contributed by atoms with Gasteiger partial charge in [-0.25, -0.2) is 12.7 Å². The summed E-state index contributed by atoms with van der Waals surface area (Å²) in [5.74, 6) is 2.34. The van der Waals surface area contributed by atoms with Gasteiger partial charge in [0.25, 0.3) is 0 Å². The molecule has 0 amide bonds. The second kappa shape index (κ2) is 8.34. The zero-order valence-electron chi connectivity index (χ0n) is 10.7. The molecule has 1 heterocycles. The molecule has 1 N–H and O–H groups in total. The molecule has 1 aliphatic rings. The zero-order chi connectivity index (χ0) is 12.6. The summed E-state index contributed by atoms with van der Waals surface area (Å²) in [6, 6.07) is 0. The lowest BCUT2D eigenvalue weighted by Crippen LogP contribution is -2.35. The van der Waals surface area contributed by atoms with Crippen molar-refractivity contribution in [1.82, 2.24) is 9.62 Å². The minimum Gasteiger partial charge on any atom is -0.317 e. The first-order chi connectivity index (χ1) is 8.17. The van der Waals surface area contributed by atoms with E-state index >= 15 is 0 Å². The molecule has 0 aromatic rings. The summed E-state index contributed by atoms with van der Waals surface area (Å²) in [7, 11) is -3.00. The monoisotopic (exact) mass is 280 g/mol. The van der Waals surface area contributed by atoms with E-state index in [4.69, 9.17) is 0 Å². The van der Waals surface area contributed by atoms with Crippen LogP contribution in [0.3, 0.4) is 0 Å². The molecule has 0 atom stereocenters. The number of rotatable bonds is 7. The molecule has 102 valence electrons. The van der Waals surface area contributed by atoms with E-state index in [0.29, 0.717) is 18.8 Å². The van der Waals surface area contributed by atoms with Gasteiger partial charge in [-0.15, -0.1) is 0 Å². The highest BCUT2D eigenvalue weighted by molar-refractivity contribution is 7.99. The lowest BCUT2D eigenvalue weighted by atomic mass is 10.3. The predicted molar refractivity (Wildman–Crippen MR) is 75.1 cm³/mol. The van der Waals surface area contributed by atoms with Crippen LogP contribution in [0, 0.1) is 0 Å². The molecule has 0 aliphatic carbocycles. The van der Waals surface area contributed by atoms with Gasteiger partial charge in [0, 0.05) is 18.8 Å². The van der Waals surface area contributed by atoms with Crippen LogP contribution < -0.4 is 5.32 Å². The Morgan fingerprint density at radius 3 is 2.82 bits per heavy atom. The molecule has 0 saturated carbocycles. The van der Waals surface area contributed by atoms with Crippen molar-refractivity contribution < 1.29 is 8.42 Å². The van der Waals surface area contributed by atoms with E-state index < -0.39 is 10.0 Å². The second-order valence-corrected chi connectivity index (χ2v) is 7.55. The van der Waals surface area contributed by atoms with Gasteiger partial charge < -0.3 is 5.32 Å². The maximum Gasteiger partial charge on any atom is 0.214 e. The van der Waals surface area contributed by atoms with Gasteiger partial charge in [-0.2, -0.15) is 11.8 Å². The van der Waals surface area contributed by atoms with E-state index in [1.54, 1.807) is 4.31 Å². The quantitative estimate of drug-likeness (QED) is 0.711. The van der Waals surface area contributed by atoms with Gasteiger partial charge in [-0.05, 0) is 38.1 Å². The van der Waals surface area contributed by atoms with Gasteiger partial charge in [-0.1, -0.05) is 6.92 Å². The molecule has 17 heavy (non-hydrogen) atoms. The molecule has 1 rings (SSSR count). The van der Waals surface area contributed by atoms with E-state index in [0.717, 1.165) is 43.9 Å². The Bertz CT molecular complexity index is 286. The third-order valence-electron chi connectivity index (χ3n) is 2.83. The molecule has 6 heteroatoms. The van der Waals surface area contributed by atoms with Crippen LogP contribution in [0.4, 0.5) is 0 Å². The number of sulfonamides is 1. The summed E-state index contributed by atoms with van der Waals surface area (Å²) < 4.78 is 25.8. The van der Waals surface area contributed by atoms with E-state index in [-0.39, 0.29) is 0 Å². The van der Waals surface area contributed by atoms with Crippen molar-refractivity contribution in [3.8, 4) is 0 Å². The first-order valence-electron chi connectivity index (χ1n) is 6.43. The molecule has 1 fully saturated rings. The fraction of sp³-hybridized carbons (Fsp3) is 1.00. The van der Waals surface area contributed by atoms with Crippen molar-refractivity contribution in [3.63, 3.8) is 0 Å². The highest BCUT2D eigenvalue weighted by Crippen LogP contribution is 2.14. The lowest BCUT2D eigenvalue weighted by Gasteiger charge is -2.19. The molecular weight excluding hydrogens is 256 g/mol. The van der Waals surface area contributed by atoms with Crippen molar-refractivity contribution in [2.45, 2.75) is 26.2 Å². The number of unbranched alkanes of at least 4 members (excludes halogenated alkanes) is 1. The maximum atomic E-state index is 12.1. The Morgan fingerprint density at radius 1 is 1.24 bits per heavy atom. The molecular formula is C11H24N2O2S2. The Morgan fingerprint density at radius 2 is 2.06 bits per heavy atom. The van der Waals surface area contributed by atoms with Crippen LogP contribution in [0.1, 0.15) is 26.2 Å². The second-order valence-electron chi connectivity index (χ2n) is 4.24. The smallest absolute Gasteiger partial charge is 0.214 e. The number of hydrogen-bond acceptors (Lipinski definition) is 4. The van der Waals surface area contributed by atoms with Gasteiger partial charge in [0.1, 0.15) is 0 Å². The fourth-order valence-corrected chi connectivity index (χ4v) is 4.45. The Balaban J connectivity index is 2.28. The molecule has 0 unspecified atom stereocenters. The third-order valence-corrected chi connectivity index (χ3v) is 5.84. The number of hydrogen-bond donors (Lipinski definition) is 1. The Labute approximate surface area is 110 Å². The Hall–Kier alpha value is 0.220. The molecule has 0 radical (unpaired) electrons. The van der Waals surface area contributed by atoms with E-state index in [1.807, 2.05) is 11.8 Å². The van der Waals surface area contributed by atoms with Crippen LogP contribution in [0.2, 0.25) is 0 Å². The van der Waals surface area contributed by atoms with Crippen LogP contribution in [-0.2, 0) is 10.0 Å². The first kappa shape index (κ1) is 15.3. The molecule has 0 bridgehead atoms. The van der Waals surface area contributed by atoms with Gasteiger partial charge in [-0.3, -0.25) is 0 Å². The maximum absolute atomic E-state index is 12.1. The minimum absolute atomic E-state index is 0.309. The summed E-state index contributed by atoms with van der Waals surface area (Å²) in [4.78, 5) is 0. The average molecular weight is 280 g/mol. The zero-order valence-corrected chi connectivity index (χ0v) is 12.3. The highest BCUT2D eigenvalue weighted by atomic mass is 32.2. The summed E-state index contributed by atoms with van der Waals surface area (Å²) >= 11 is 1.85. The first-order valence-corrected chi connectivity index (χ1v) is 9.19. The van der Waals surface area contributed by atoms with Gasteiger partial charge in [0.05, 0.1) is 5.75 Å². The van der Waals surface area contributed by atoms with E-state index in [1.165, 1.54) is 0 Å². The summed E-state index contributed by atoms with van der Waals surface area (Å²) in [5, 5.41) is 3.21. The van der Waals surface area contributed by atoms with Crippen LogP contribution >= 0.6 is 11.8 Å². The Kier molecular flexibility index (Phi) is 7.50. The summed E-state index contributed by atoms with van der Waals surface area (Å²) in [6.45, 7) is 5.34. The van der Waals surface area contributed by atoms with Gasteiger partial charge in [0.15, 0.2) is 0 Å². The predicted octanol–water partition coefficient (Wildman–Crippen LogP) is 1.14. The van der Waals surface area contributed by atoms with Crippen LogP contribution in [-0.4, -0.2) is 56.2 Å². The third kappa shape index (κ3) is 6.08. The van der Waals surface area contributed by atoms with Crippen molar-refractivity contribution >= 4 is 21.8 Å². The fourth-order valence-electron chi connectivity index (χ4n) is 1.84.